The monoisotopic (exact) mass is 303 g/mol. The summed E-state index contributed by atoms with van der Waals surface area (Å²) in [6, 6.07) is 11.3. The molecule has 0 saturated carbocycles. The molecule has 0 spiro atoms. The topological polar surface area (TPSA) is 21.3 Å². The van der Waals surface area contributed by atoms with Gasteiger partial charge in [-0.2, -0.15) is 0 Å². The molecule has 0 aliphatic heterocycles. The average molecular weight is 303 g/mol. The quantitative estimate of drug-likeness (QED) is 0.760. The average Bonchev–Trinajstić information content (AvgIpc) is 3.01. The molecule has 1 N–H and O–H groups in total. The summed E-state index contributed by atoms with van der Waals surface area (Å²) in [5, 5.41) is 5.82. The van der Waals surface area contributed by atoms with E-state index in [-0.39, 0.29) is 0 Å². The number of thiophene rings is 1. The van der Waals surface area contributed by atoms with Crippen molar-refractivity contribution in [3.8, 4) is 5.75 Å². The van der Waals surface area contributed by atoms with Crippen LogP contribution in [0.15, 0.2) is 35.7 Å². The molecule has 1 unspecified atom stereocenters. The molecule has 1 atom stereocenters. The fourth-order valence-corrected chi connectivity index (χ4v) is 3.22. The second kappa shape index (κ2) is 8.20. The lowest BCUT2D eigenvalue weighted by Crippen LogP contribution is -2.22. The van der Waals surface area contributed by atoms with Crippen LogP contribution in [0.1, 0.15) is 41.8 Å². The predicted octanol–water partition coefficient (Wildman–Crippen LogP) is 4.74. The van der Waals surface area contributed by atoms with Crippen molar-refractivity contribution in [1.29, 1.82) is 0 Å². The van der Waals surface area contributed by atoms with Crippen LogP contribution < -0.4 is 10.1 Å². The molecule has 0 fully saturated rings. The van der Waals surface area contributed by atoms with E-state index in [2.05, 4.69) is 54.9 Å². The fraction of sp³-hybridized carbons (Fsp3) is 0.444. The molecule has 114 valence electrons. The number of nitrogens with one attached hydrogen (secondary N) is 1. The predicted molar refractivity (Wildman–Crippen MR) is 91.4 cm³/mol. The molecule has 0 aliphatic carbocycles. The molecule has 0 radical (unpaired) electrons. The normalized spacial score (nSPS) is 12.3. The number of hydrogen-bond donors (Lipinski definition) is 1. The Morgan fingerprint density at radius 1 is 1.29 bits per heavy atom. The number of rotatable bonds is 8. The van der Waals surface area contributed by atoms with Crippen molar-refractivity contribution in [3.63, 3.8) is 0 Å². The fourth-order valence-electron chi connectivity index (χ4n) is 2.50. The van der Waals surface area contributed by atoms with Gasteiger partial charge in [0.2, 0.25) is 0 Å². The third-order valence-corrected chi connectivity index (χ3v) is 4.67. The zero-order chi connectivity index (χ0) is 15.1. The highest BCUT2D eigenvalue weighted by Gasteiger charge is 2.13. The van der Waals surface area contributed by atoms with Gasteiger partial charge in [-0.25, -0.2) is 0 Å². The third-order valence-electron chi connectivity index (χ3n) is 3.73. The van der Waals surface area contributed by atoms with Crippen LogP contribution in [0.2, 0.25) is 0 Å². The molecule has 2 aromatic rings. The molecular formula is C18H25NOS. The second-order valence-electron chi connectivity index (χ2n) is 5.35. The van der Waals surface area contributed by atoms with Crippen LogP contribution >= 0.6 is 11.3 Å². The number of aryl methyl sites for hydroxylation is 2. The van der Waals surface area contributed by atoms with Gasteiger partial charge in [0.05, 0.1) is 7.11 Å². The van der Waals surface area contributed by atoms with E-state index in [9.17, 15) is 0 Å². The minimum absolute atomic E-state index is 0.390. The Morgan fingerprint density at radius 2 is 2.14 bits per heavy atom. The van der Waals surface area contributed by atoms with E-state index < -0.39 is 0 Å². The maximum Gasteiger partial charge on any atom is 0.122 e. The first-order valence-electron chi connectivity index (χ1n) is 7.65. The van der Waals surface area contributed by atoms with Gasteiger partial charge in [0.15, 0.2) is 0 Å². The van der Waals surface area contributed by atoms with E-state index in [1.165, 1.54) is 16.0 Å². The molecule has 2 rings (SSSR count). The van der Waals surface area contributed by atoms with Gasteiger partial charge in [-0.1, -0.05) is 25.1 Å². The molecule has 0 aliphatic rings. The molecule has 2 nitrogen and oxygen atoms in total. The number of hydrogen-bond acceptors (Lipinski definition) is 3. The highest BCUT2D eigenvalue weighted by atomic mass is 32.1. The van der Waals surface area contributed by atoms with Gasteiger partial charge < -0.3 is 10.1 Å². The summed E-state index contributed by atoms with van der Waals surface area (Å²) < 4.78 is 5.46. The molecule has 0 amide bonds. The molecular weight excluding hydrogens is 278 g/mol. The van der Waals surface area contributed by atoms with Gasteiger partial charge >= 0.3 is 0 Å². The van der Waals surface area contributed by atoms with E-state index in [0.29, 0.717) is 6.04 Å². The summed E-state index contributed by atoms with van der Waals surface area (Å²) in [4.78, 5) is 1.46. The molecule has 0 bridgehead atoms. The van der Waals surface area contributed by atoms with E-state index in [0.717, 1.165) is 31.6 Å². The summed E-state index contributed by atoms with van der Waals surface area (Å²) in [6.07, 6.45) is 3.39. The lowest BCUT2D eigenvalue weighted by atomic mass is 9.99. The summed E-state index contributed by atoms with van der Waals surface area (Å²) >= 11 is 1.84. The van der Waals surface area contributed by atoms with Crippen molar-refractivity contribution in [3.05, 3.63) is 51.7 Å². The first kappa shape index (κ1) is 16.1. The zero-order valence-electron chi connectivity index (χ0n) is 13.2. The van der Waals surface area contributed by atoms with E-state index in [1.54, 1.807) is 7.11 Å². The van der Waals surface area contributed by atoms with Gasteiger partial charge in [-0.15, -0.1) is 11.3 Å². The maximum absolute atomic E-state index is 5.46. The highest BCUT2D eigenvalue weighted by Crippen LogP contribution is 2.26. The first-order chi connectivity index (χ1) is 10.2. The van der Waals surface area contributed by atoms with Gasteiger partial charge in [0, 0.05) is 10.9 Å². The van der Waals surface area contributed by atoms with Crippen LogP contribution in [0, 0.1) is 6.92 Å². The minimum atomic E-state index is 0.390. The summed E-state index contributed by atoms with van der Waals surface area (Å²) in [5.41, 5.74) is 2.51. The van der Waals surface area contributed by atoms with E-state index in [4.69, 9.17) is 4.74 Å². The van der Waals surface area contributed by atoms with Crippen LogP contribution in [-0.2, 0) is 6.42 Å². The van der Waals surface area contributed by atoms with Crippen molar-refractivity contribution in [1.82, 2.24) is 5.32 Å². The Morgan fingerprint density at radius 3 is 2.81 bits per heavy atom. The van der Waals surface area contributed by atoms with Gasteiger partial charge in [0.25, 0.3) is 0 Å². The van der Waals surface area contributed by atoms with Crippen molar-refractivity contribution in [2.75, 3.05) is 13.7 Å². The lowest BCUT2D eigenvalue weighted by Gasteiger charge is -2.20. The highest BCUT2D eigenvalue weighted by molar-refractivity contribution is 7.09. The largest absolute Gasteiger partial charge is 0.496 e. The van der Waals surface area contributed by atoms with Crippen LogP contribution in [0.25, 0.3) is 0 Å². The number of ether oxygens (including phenoxy) is 1. The Hall–Kier alpha value is -1.32. The summed E-state index contributed by atoms with van der Waals surface area (Å²) in [7, 11) is 1.74. The Labute approximate surface area is 132 Å². The van der Waals surface area contributed by atoms with Gasteiger partial charge in [-0.3, -0.25) is 0 Å². The third kappa shape index (κ3) is 4.58. The van der Waals surface area contributed by atoms with Gasteiger partial charge in [0.1, 0.15) is 5.75 Å². The smallest absolute Gasteiger partial charge is 0.122 e. The zero-order valence-corrected chi connectivity index (χ0v) is 14.0. The lowest BCUT2D eigenvalue weighted by molar-refractivity contribution is 0.409. The first-order valence-corrected chi connectivity index (χ1v) is 8.53. The molecule has 1 heterocycles. The van der Waals surface area contributed by atoms with Crippen molar-refractivity contribution in [2.24, 2.45) is 0 Å². The van der Waals surface area contributed by atoms with Crippen LogP contribution in [0.5, 0.6) is 5.75 Å². The van der Waals surface area contributed by atoms with E-state index in [1.807, 2.05) is 11.3 Å². The standard InChI is InChI=1S/C18H25NOS/c1-4-11-19-17(10-9-16-6-5-12-21-16)15-8-7-14(2)18(13-15)20-3/h5-8,12-13,17,19H,4,9-11H2,1-3H3. The SMILES string of the molecule is CCCNC(CCc1cccs1)c1ccc(C)c(OC)c1. The molecule has 3 heteroatoms. The Kier molecular flexibility index (Phi) is 6.27. The summed E-state index contributed by atoms with van der Waals surface area (Å²) in [6.45, 7) is 5.34. The van der Waals surface area contributed by atoms with Gasteiger partial charge in [-0.05, 0) is 61.4 Å². The molecule has 1 aromatic heterocycles. The van der Waals surface area contributed by atoms with Crippen molar-refractivity contribution < 1.29 is 4.74 Å². The Balaban J connectivity index is 2.10. The van der Waals surface area contributed by atoms with Crippen LogP contribution in [-0.4, -0.2) is 13.7 Å². The molecule has 0 saturated heterocycles. The number of benzene rings is 1. The van der Waals surface area contributed by atoms with Crippen LogP contribution in [0.4, 0.5) is 0 Å². The molecule has 1 aromatic carbocycles. The minimum Gasteiger partial charge on any atom is -0.496 e. The van der Waals surface area contributed by atoms with E-state index >= 15 is 0 Å². The second-order valence-corrected chi connectivity index (χ2v) is 6.39. The van der Waals surface area contributed by atoms with Crippen molar-refractivity contribution >= 4 is 11.3 Å². The summed E-state index contributed by atoms with van der Waals surface area (Å²) in [5.74, 6) is 0.979. The Bertz CT molecular complexity index is 536. The van der Waals surface area contributed by atoms with Crippen LogP contribution in [0.3, 0.4) is 0 Å². The molecule has 21 heavy (non-hydrogen) atoms. The van der Waals surface area contributed by atoms with Crippen molar-refractivity contribution in [2.45, 2.75) is 39.2 Å². The maximum atomic E-state index is 5.46. The number of methoxy groups -OCH3 is 1.